The topological polar surface area (TPSA) is 15.8 Å². The molecule has 1 heterocycles. The molecule has 0 aliphatic carbocycles. The average molecular weight is 177 g/mol. The summed E-state index contributed by atoms with van der Waals surface area (Å²) in [6, 6.07) is 11.8. The normalized spacial score (nSPS) is 7.77. The first-order chi connectivity index (χ1) is 5.89. The lowest BCUT2D eigenvalue weighted by Gasteiger charge is -1.78. The van der Waals surface area contributed by atoms with E-state index in [0.717, 1.165) is 0 Å². The zero-order valence-corrected chi connectivity index (χ0v) is 6.57. The second-order valence-corrected chi connectivity index (χ2v) is 2.18. The predicted molar refractivity (Wildman–Crippen MR) is 57.1 cm³/mol. The van der Waals surface area contributed by atoms with Crippen molar-refractivity contribution in [1.29, 1.82) is 0 Å². The molecule has 0 radical (unpaired) electrons. The summed E-state index contributed by atoms with van der Waals surface area (Å²) >= 11 is 0. The van der Waals surface area contributed by atoms with Crippen LogP contribution in [-0.2, 0) is 0 Å². The Morgan fingerprint density at radius 2 is 1.38 bits per heavy atom. The largest absolute Gasteiger partial charge is 0.368 e. The minimum Gasteiger partial charge on any atom is -0.368 e. The summed E-state index contributed by atoms with van der Waals surface area (Å²) in [7, 11) is 0. The van der Waals surface area contributed by atoms with Crippen molar-refractivity contribution in [1.82, 2.24) is 4.98 Å². The fraction of sp³-hybridized carbons (Fsp3) is 0. The molecule has 0 aliphatic heterocycles. The van der Waals surface area contributed by atoms with Crippen LogP contribution in [0, 0.1) is 5.82 Å². The van der Waals surface area contributed by atoms with E-state index in [0.29, 0.717) is 0 Å². The van der Waals surface area contributed by atoms with Crippen molar-refractivity contribution < 1.29 is 4.39 Å². The van der Waals surface area contributed by atoms with Gasteiger partial charge in [-0.25, -0.2) is 4.39 Å². The molecule has 1 aromatic heterocycles. The predicted octanol–water partition coefficient (Wildman–Crippen LogP) is 1.66. The van der Waals surface area contributed by atoms with E-state index in [1.807, 2.05) is 24.5 Å². The Kier molecular flexibility index (Phi) is 6.33. The molecule has 0 aliphatic rings. The average Bonchev–Trinajstić information content (AvgIpc) is 2.62. The van der Waals surface area contributed by atoms with Crippen molar-refractivity contribution >= 4 is 8.41 Å². The van der Waals surface area contributed by atoms with Gasteiger partial charge in [-0.2, -0.15) is 0 Å². The monoisotopic (exact) mass is 177 g/mol. The van der Waals surface area contributed by atoms with Gasteiger partial charge in [0.2, 0.25) is 0 Å². The van der Waals surface area contributed by atoms with Crippen LogP contribution < -0.4 is 0 Å². The molecular weight excluding hydrogens is 164 g/mol. The van der Waals surface area contributed by atoms with Crippen molar-refractivity contribution in [2.24, 2.45) is 0 Å². The molecule has 0 saturated heterocycles. The molecule has 2 aromatic rings. The molecule has 13 heavy (non-hydrogen) atoms. The van der Waals surface area contributed by atoms with Crippen molar-refractivity contribution in [3.05, 3.63) is 60.7 Å². The van der Waals surface area contributed by atoms with Crippen LogP contribution in [0.25, 0.3) is 0 Å². The first kappa shape index (κ1) is 11.5. The minimum atomic E-state index is -0.178. The molecular formula is C10H13BFN. The van der Waals surface area contributed by atoms with Crippen LogP contribution in [0.15, 0.2) is 54.9 Å². The number of H-pyrrole nitrogens is 1. The van der Waals surface area contributed by atoms with Crippen molar-refractivity contribution in [3.8, 4) is 0 Å². The minimum absolute atomic E-state index is 0. The summed E-state index contributed by atoms with van der Waals surface area (Å²) in [6.07, 6.45) is 3.75. The van der Waals surface area contributed by atoms with Gasteiger partial charge in [0.15, 0.2) is 0 Å². The number of aromatic amines is 1. The highest BCUT2D eigenvalue weighted by molar-refractivity contribution is 5.75. The second-order valence-electron chi connectivity index (χ2n) is 2.18. The lowest BCUT2D eigenvalue weighted by atomic mass is 10.4. The Labute approximate surface area is 79.2 Å². The maximum absolute atomic E-state index is 11.9. The summed E-state index contributed by atoms with van der Waals surface area (Å²) in [5.41, 5.74) is 0. The highest BCUT2D eigenvalue weighted by Gasteiger charge is 1.77. The van der Waals surface area contributed by atoms with Gasteiger partial charge in [0.05, 0.1) is 8.41 Å². The van der Waals surface area contributed by atoms with Gasteiger partial charge in [-0.3, -0.25) is 0 Å². The molecule has 0 atom stereocenters. The van der Waals surface area contributed by atoms with E-state index in [1.165, 1.54) is 12.1 Å². The lowest BCUT2D eigenvalue weighted by Crippen LogP contribution is -1.63. The van der Waals surface area contributed by atoms with Gasteiger partial charge in [0.25, 0.3) is 0 Å². The van der Waals surface area contributed by atoms with Gasteiger partial charge < -0.3 is 4.98 Å². The quantitative estimate of drug-likeness (QED) is 0.589. The number of aromatic nitrogens is 1. The number of nitrogens with one attached hydrogen (secondary N) is 1. The number of rotatable bonds is 0. The van der Waals surface area contributed by atoms with Gasteiger partial charge in [0, 0.05) is 12.4 Å². The van der Waals surface area contributed by atoms with E-state index in [9.17, 15) is 4.39 Å². The van der Waals surface area contributed by atoms with Crippen LogP contribution >= 0.6 is 0 Å². The Morgan fingerprint density at radius 1 is 0.846 bits per heavy atom. The van der Waals surface area contributed by atoms with Gasteiger partial charge >= 0.3 is 0 Å². The molecule has 0 unspecified atom stereocenters. The summed E-state index contributed by atoms with van der Waals surface area (Å²) in [5, 5.41) is 0. The number of halogens is 1. The fourth-order valence-corrected chi connectivity index (χ4v) is 0.692. The van der Waals surface area contributed by atoms with Gasteiger partial charge in [-0.1, -0.05) is 18.2 Å². The maximum atomic E-state index is 11.9. The fourth-order valence-electron chi connectivity index (χ4n) is 0.692. The third-order valence-corrected chi connectivity index (χ3v) is 1.23. The summed E-state index contributed by atoms with van der Waals surface area (Å²) in [5.74, 6) is -0.178. The first-order valence-electron chi connectivity index (χ1n) is 3.68. The van der Waals surface area contributed by atoms with Crippen molar-refractivity contribution in [2.45, 2.75) is 0 Å². The molecule has 2 rings (SSSR count). The lowest BCUT2D eigenvalue weighted by molar-refractivity contribution is 0.628. The van der Waals surface area contributed by atoms with E-state index in [-0.39, 0.29) is 14.2 Å². The number of hydrogen-bond donors (Lipinski definition) is 1. The van der Waals surface area contributed by atoms with Crippen LogP contribution in [0.2, 0.25) is 0 Å². The number of hydrogen-bond acceptors (Lipinski definition) is 0. The van der Waals surface area contributed by atoms with E-state index in [2.05, 4.69) is 4.98 Å². The maximum Gasteiger partial charge on any atom is 0.123 e. The zero-order chi connectivity index (χ0) is 8.65. The molecule has 0 saturated carbocycles. The van der Waals surface area contributed by atoms with E-state index in [4.69, 9.17) is 0 Å². The van der Waals surface area contributed by atoms with Crippen molar-refractivity contribution in [3.63, 3.8) is 0 Å². The molecule has 0 spiro atoms. The summed E-state index contributed by atoms with van der Waals surface area (Å²) < 4.78 is 11.9. The highest BCUT2D eigenvalue weighted by Crippen LogP contribution is 1.91. The Hall–Kier alpha value is -1.51. The summed E-state index contributed by atoms with van der Waals surface area (Å²) in [4.78, 5) is 2.86. The molecule has 68 valence electrons. The molecule has 1 aromatic carbocycles. The molecule has 3 heteroatoms. The van der Waals surface area contributed by atoms with E-state index < -0.39 is 0 Å². The van der Waals surface area contributed by atoms with Crippen LogP contribution in [-0.4, -0.2) is 13.4 Å². The highest BCUT2D eigenvalue weighted by atomic mass is 19.1. The van der Waals surface area contributed by atoms with Gasteiger partial charge in [-0.05, 0) is 24.3 Å². The third-order valence-electron chi connectivity index (χ3n) is 1.23. The van der Waals surface area contributed by atoms with Crippen molar-refractivity contribution in [2.75, 3.05) is 0 Å². The molecule has 0 fully saturated rings. The number of benzene rings is 1. The second kappa shape index (κ2) is 7.16. The third kappa shape index (κ3) is 5.73. The Bertz CT molecular complexity index is 264. The Balaban J connectivity index is 0.000000215. The Morgan fingerprint density at radius 3 is 1.62 bits per heavy atom. The SMILES string of the molecule is B.Fc1ccccc1.c1cc[nH]c1. The van der Waals surface area contributed by atoms with Crippen LogP contribution in [0.5, 0.6) is 0 Å². The molecule has 1 N–H and O–H groups in total. The zero-order valence-electron chi connectivity index (χ0n) is 6.57. The smallest absolute Gasteiger partial charge is 0.123 e. The molecule has 1 nitrogen and oxygen atoms in total. The molecule has 0 amide bonds. The van der Waals surface area contributed by atoms with Crippen LogP contribution in [0.1, 0.15) is 0 Å². The first-order valence-corrected chi connectivity index (χ1v) is 3.68. The van der Waals surface area contributed by atoms with Crippen LogP contribution in [0.4, 0.5) is 4.39 Å². The van der Waals surface area contributed by atoms with E-state index >= 15 is 0 Å². The van der Waals surface area contributed by atoms with E-state index in [1.54, 1.807) is 18.2 Å². The van der Waals surface area contributed by atoms with Gasteiger partial charge in [0.1, 0.15) is 5.82 Å². The van der Waals surface area contributed by atoms with Gasteiger partial charge in [-0.15, -0.1) is 0 Å². The standard InChI is InChI=1S/C6H5F.C4H5N.BH3/c7-6-4-2-1-3-5-6;1-2-4-5-3-1;/h1-5H;1-5H;1H3. The molecule has 0 bridgehead atoms. The summed E-state index contributed by atoms with van der Waals surface area (Å²) in [6.45, 7) is 0. The van der Waals surface area contributed by atoms with Crippen LogP contribution in [0.3, 0.4) is 0 Å².